The van der Waals surface area contributed by atoms with Gasteiger partial charge in [0.25, 0.3) is 0 Å². The van der Waals surface area contributed by atoms with Gasteiger partial charge >= 0.3 is 0 Å². The summed E-state index contributed by atoms with van der Waals surface area (Å²) in [6.07, 6.45) is 3.63. The van der Waals surface area contributed by atoms with Crippen LogP contribution in [0.2, 0.25) is 0 Å². The van der Waals surface area contributed by atoms with Gasteiger partial charge in [-0.2, -0.15) is 0 Å². The van der Waals surface area contributed by atoms with Crippen LogP contribution in [0.15, 0.2) is 24.3 Å². The SMILES string of the molecule is CC(C)C(O)c1ccccc1C1CCC1. The fourth-order valence-corrected chi connectivity index (χ4v) is 2.23. The number of aliphatic hydroxyl groups is 1. The maximum Gasteiger partial charge on any atom is 0.0815 e. The zero-order valence-electron chi connectivity index (χ0n) is 9.61. The number of aliphatic hydroxyl groups excluding tert-OH is 1. The van der Waals surface area contributed by atoms with Gasteiger partial charge in [0.1, 0.15) is 0 Å². The molecule has 0 heterocycles. The molecule has 0 aliphatic heterocycles. The summed E-state index contributed by atoms with van der Waals surface area (Å²) in [6.45, 7) is 4.14. The molecule has 0 amide bonds. The van der Waals surface area contributed by atoms with Gasteiger partial charge in [-0.1, -0.05) is 44.5 Å². The Hall–Kier alpha value is -0.820. The third-order valence-corrected chi connectivity index (χ3v) is 3.49. The third-order valence-electron chi connectivity index (χ3n) is 3.49. The molecule has 1 aromatic rings. The Bertz CT molecular complexity index is 326. The second-order valence-electron chi connectivity index (χ2n) is 4.95. The fraction of sp³-hybridized carbons (Fsp3) is 0.571. The van der Waals surface area contributed by atoms with Crippen LogP contribution in [-0.2, 0) is 0 Å². The Balaban J connectivity index is 2.28. The zero-order chi connectivity index (χ0) is 10.8. The van der Waals surface area contributed by atoms with Crippen molar-refractivity contribution < 1.29 is 5.11 Å². The molecule has 2 rings (SSSR count). The molecule has 0 radical (unpaired) electrons. The lowest BCUT2D eigenvalue weighted by Gasteiger charge is -2.30. The highest BCUT2D eigenvalue weighted by atomic mass is 16.3. The van der Waals surface area contributed by atoms with Gasteiger partial charge in [0.15, 0.2) is 0 Å². The molecule has 1 aliphatic carbocycles. The van der Waals surface area contributed by atoms with Crippen LogP contribution in [0.3, 0.4) is 0 Å². The first-order chi connectivity index (χ1) is 7.20. The molecule has 1 aliphatic rings. The predicted molar refractivity (Wildman–Crippen MR) is 62.8 cm³/mol. The van der Waals surface area contributed by atoms with Crippen LogP contribution in [0.4, 0.5) is 0 Å². The Morgan fingerprint density at radius 3 is 2.40 bits per heavy atom. The van der Waals surface area contributed by atoms with E-state index in [2.05, 4.69) is 32.0 Å². The van der Waals surface area contributed by atoms with Crippen LogP contribution < -0.4 is 0 Å². The van der Waals surface area contributed by atoms with E-state index in [1.807, 2.05) is 6.07 Å². The van der Waals surface area contributed by atoms with E-state index in [1.54, 1.807) is 0 Å². The molecule has 1 unspecified atom stereocenters. The third kappa shape index (κ3) is 2.07. The quantitative estimate of drug-likeness (QED) is 0.797. The van der Waals surface area contributed by atoms with Gasteiger partial charge in [-0.15, -0.1) is 0 Å². The Kier molecular flexibility index (Phi) is 3.11. The molecule has 1 saturated carbocycles. The van der Waals surface area contributed by atoms with Crippen LogP contribution in [0.1, 0.15) is 56.3 Å². The Morgan fingerprint density at radius 1 is 1.20 bits per heavy atom. The average Bonchev–Trinajstić information content (AvgIpc) is 2.15. The van der Waals surface area contributed by atoms with Gasteiger partial charge in [0.05, 0.1) is 6.10 Å². The van der Waals surface area contributed by atoms with E-state index >= 15 is 0 Å². The number of rotatable bonds is 3. The fourth-order valence-electron chi connectivity index (χ4n) is 2.23. The van der Waals surface area contributed by atoms with Crippen LogP contribution in [0.25, 0.3) is 0 Å². The van der Waals surface area contributed by atoms with Crippen molar-refractivity contribution >= 4 is 0 Å². The van der Waals surface area contributed by atoms with E-state index in [0.717, 1.165) is 5.56 Å². The lowest BCUT2D eigenvalue weighted by molar-refractivity contribution is 0.125. The summed E-state index contributed by atoms with van der Waals surface area (Å²) >= 11 is 0. The molecule has 15 heavy (non-hydrogen) atoms. The molecule has 1 atom stereocenters. The Morgan fingerprint density at radius 2 is 1.87 bits per heavy atom. The van der Waals surface area contributed by atoms with Gasteiger partial charge in [0, 0.05) is 0 Å². The van der Waals surface area contributed by atoms with Gasteiger partial charge in [0.2, 0.25) is 0 Å². The topological polar surface area (TPSA) is 20.2 Å². The van der Waals surface area contributed by atoms with E-state index in [4.69, 9.17) is 0 Å². The normalized spacial score (nSPS) is 18.9. The van der Waals surface area contributed by atoms with Crippen LogP contribution >= 0.6 is 0 Å². The first kappa shape index (κ1) is 10.7. The second-order valence-corrected chi connectivity index (χ2v) is 4.95. The van der Waals surface area contributed by atoms with E-state index in [0.29, 0.717) is 11.8 Å². The standard InChI is InChI=1S/C14H20O/c1-10(2)14(15)13-9-4-3-8-12(13)11-6-5-7-11/h3-4,8-11,14-15H,5-7H2,1-2H3. The second kappa shape index (κ2) is 4.36. The first-order valence-electron chi connectivity index (χ1n) is 5.97. The van der Waals surface area contributed by atoms with Crippen LogP contribution in [0.5, 0.6) is 0 Å². The summed E-state index contributed by atoms with van der Waals surface area (Å²) in [5.74, 6) is 1.00. The molecule has 0 aromatic heterocycles. The highest BCUT2D eigenvalue weighted by Gasteiger charge is 2.24. The van der Waals surface area contributed by atoms with Crippen molar-refractivity contribution in [2.24, 2.45) is 5.92 Å². The molecular formula is C14H20O. The largest absolute Gasteiger partial charge is 0.388 e. The van der Waals surface area contributed by atoms with Crippen LogP contribution in [-0.4, -0.2) is 5.11 Å². The Labute approximate surface area is 92.1 Å². The molecule has 1 nitrogen and oxygen atoms in total. The molecular weight excluding hydrogens is 184 g/mol. The van der Waals surface area contributed by atoms with Crippen molar-refractivity contribution in [3.05, 3.63) is 35.4 Å². The molecule has 1 N–H and O–H groups in total. The minimum atomic E-state index is -0.304. The summed E-state index contributed by atoms with van der Waals surface area (Å²) in [6, 6.07) is 8.39. The monoisotopic (exact) mass is 204 g/mol. The smallest absolute Gasteiger partial charge is 0.0815 e. The van der Waals surface area contributed by atoms with E-state index in [1.165, 1.54) is 24.8 Å². The molecule has 0 saturated heterocycles. The average molecular weight is 204 g/mol. The summed E-state index contributed by atoms with van der Waals surface area (Å²) < 4.78 is 0. The predicted octanol–water partition coefficient (Wildman–Crippen LogP) is 3.64. The lowest BCUT2D eigenvalue weighted by atomic mass is 9.76. The minimum Gasteiger partial charge on any atom is -0.388 e. The van der Waals surface area contributed by atoms with Gasteiger partial charge in [-0.3, -0.25) is 0 Å². The number of hydrogen-bond donors (Lipinski definition) is 1. The van der Waals surface area contributed by atoms with Crippen molar-refractivity contribution in [2.75, 3.05) is 0 Å². The summed E-state index contributed by atoms with van der Waals surface area (Å²) in [5.41, 5.74) is 2.53. The molecule has 1 heteroatoms. The summed E-state index contributed by atoms with van der Waals surface area (Å²) in [4.78, 5) is 0. The highest BCUT2D eigenvalue weighted by molar-refractivity contribution is 5.33. The maximum absolute atomic E-state index is 10.1. The van der Waals surface area contributed by atoms with Crippen molar-refractivity contribution in [2.45, 2.75) is 45.1 Å². The summed E-state index contributed by atoms with van der Waals surface area (Å²) in [7, 11) is 0. The van der Waals surface area contributed by atoms with E-state index in [-0.39, 0.29) is 6.10 Å². The molecule has 82 valence electrons. The van der Waals surface area contributed by atoms with E-state index in [9.17, 15) is 5.11 Å². The summed E-state index contributed by atoms with van der Waals surface area (Å²) in [5, 5.41) is 10.1. The van der Waals surface area contributed by atoms with Crippen molar-refractivity contribution in [3.8, 4) is 0 Å². The highest BCUT2D eigenvalue weighted by Crippen LogP contribution is 2.40. The van der Waals surface area contributed by atoms with E-state index < -0.39 is 0 Å². The van der Waals surface area contributed by atoms with Crippen molar-refractivity contribution in [3.63, 3.8) is 0 Å². The lowest BCUT2D eigenvalue weighted by Crippen LogP contribution is -2.15. The van der Waals surface area contributed by atoms with Gasteiger partial charge in [-0.25, -0.2) is 0 Å². The zero-order valence-corrected chi connectivity index (χ0v) is 9.61. The first-order valence-corrected chi connectivity index (χ1v) is 5.97. The minimum absolute atomic E-state index is 0.297. The van der Waals surface area contributed by atoms with Crippen molar-refractivity contribution in [1.82, 2.24) is 0 Å². The van der Waals surface area contributed by atoms with Gasteiger partial charge in [-0.05, 0) is 35.8 Å². The van der Waals surface area contributed by atoms with Gasteiger partial charge < -0.3 is 5.11 Å². The number of benzene rings is 1. The van der Waals surface area contributed by atoms with Crippen molar-refractivity contribution in [1.29, 1.82) is 0 Å². The molecule has 0 spiro atoms. The molecule has 1 fully saturated rings. The number of hydrogen-bond acceptors (Lipinski definition) is 1. The van der Waals surface area contributed by atoms with Crippen LogP contribution in [0, 0.1) is 5.92 Å². The molecule has 1 aromatic carbocycles. The maximum atomic E-state index is 10.1. The molecule has 0 bridgehead atoms.